The molecule has 0 unspecified atom stereocenters. The molecule has 0 fully saturated rings. The molecule has 0 spiro atoms. The van der Waals surface area contributed by atoms with E-state index in [-0.39, 0.29) is 0 Å². The van der Waals surface area contributed by atoms with Crippen LogP contribution in [0.5, 0.6) is 5.75 Å². The summed E-state index contributed by atoms with van der Waals surface area (Å²) < 4.78 is 10.9. The molecule has 0 N–H and O–H groups in total. The van der Waals surface area contributed by atoms with Crippen LogP contribution in [0.15, 0.2) is 48.5 Å². The normalized spacial score (nSPS) is 10.6. The molecule has 2 aromatic carbocycles. The van der Waals surface area contributed by atoms with Gasteiger partial charge >= 0.3 is 0 Å². The minimum absolute atomic E-state index is 0.316. The molecule has 0 bridgehead atoms. The maximum Gasteiger partial charge on any atom is 0.189 e. The first-order chi connectivity index (χ1) is 10.8. The van der Waals surface area contributed by atoms with E-state index in [9.17, 15) is 0 Å². The zero-order chi connectivity index (χ0) is 15.6. The van der Waals surface area contributed by atoms with E-state index in [1.807, 2.05) is 37.3 Å². The average Bonchev–Trinajstić information content (AvgIpc) is 2.53. The van der Waals surface area contributed by atoms with Crippen LogP contribution in [0.4, 0.5) is 0 Å². The topological polar surface area (TPSA) is 18.5 Å². The maximum atomic E-state index is 6.01. The summed E-state index contributed by atoms with van der Waals surface area (Å²) in [7, 11) is 0. The Morgan fingerprint density at radius 3 is 2.59 bits per heavy atom. The number of rotatable bonds is 9. The van der Waals surface area contributed by atoms with Crippen molar-refractivity contribution in [2.75, 3.05) is 13.4 Å². The molecule has 0 aliphatic carbocycles. The fourth-order valence-electron chi connectivity index (χ4n) is 2.38. The van der Waals surface area contributed by atoms with Crippen molar-refractivity contribution in [1.29, 1.82) is 0 Å². The third kappa shape index (κ3) is 5.70. The van der Waals surface area contributed by atoms with Gasteiger partial charge < -0.3 is 9.47 Å². The van der Waals surface area contributed by atoms with E-state index in [1.54, 1.807) is 0 Å². The van der Waals surface area contributed by atoms with Crippen molar-refractivity contribution in [3.8, 4) is 5.75 Å². The minimum atomic E-state index is 0.316. The molecule has 2 aromatic rings. The van der Waals surface area contributed by atoms with Gasteiger partial charge in [-0.1, -0.05) is 41.9 Å². The minimum Gasteiger partial charge on any atom is -0.467 e. The van der Waals surface area contributed by atoms with Crippen molar-refractivity contribution in [2.45, 2.75) is 32.6 Å². The Bertz CT molecular complexity index is 569. The van der Waals surface area contributed by atoms with Gasteiger partial charge in [-0.15, -0.1) is 0 Å². The lowest BCUT2D eigenvalue weighted by Crippen LogP contribution is -2.04. The maximum absolute atomic E-state index is 6.01. The van der Waals surface area contributed by atoms with E-state index in [2.05, 4.69) is 18.2 Å². The van der Waals surface area contributed by atoms with Gasteiger partial charge in [0.1, 0.15) is 5.75 Å². The molecule has 22 heavy (non-hydrogen) atoms. The Labute approximate surface area is 138 Å². The SMILES string of the molecule is CCOCOc1ccccc1CCCCc1cccc(Cl)c1. The molecule has 2 nitrogen and oxygen atoms in total. The third-order valence-electron chi connectivity index (χ3n) is 3.53. The van der Waals surface area contributed by atoms with Crippen LogP contribution in [0.2, 0.25) is 5.02 Å². The average molecular weight is 319 g/mol. The van der Waals surface area contributed by atoms with Crippen LogP contribution in [-0.4, -0.2) is 13.4 Å². The van der Waals surface area contributed by atoms with Crippen molar-refractivity contribution in [2.24, 2.45) is 0 Å². The lowest BCUT2D eigenvalue weighted by atomic mass is 10.0. The number of hydrogen-bond acceptors (Lipinski definition) is 2. The summed E-state index contributed by atoms with van der Waals surface area (Å²) >= 11 is 6.01. The number of halogens is 1. The van der Waals surface area contributed by atoms with Crippen LogP contribution in [0.25, 0.3) is 0 Å². The molecule has 0 aliphatic rings. The van der Waals surface area contributed by atoms with Crippen molar-refractivity contribution < 1.29 is 9.47 Å². The first-order valence-corrected chi connectivity index (χ1v) is 8.20. The Kier molecular flexibility index (Phi) is 7.27. The highest BCUT2D eigenvalue weighted by atomic mass is 35.5. The molecule has 0 heterocycles. The molecular weight excluding hydrogens is 296 g/mol. The van der Waals surface area contributed by atoms with Crippen LogP contribution in [0.3, 0.4) is 0 Å². The van der Waals surface area contributed by atoms with E-state index >= 15 is 0 Å². The quantitative estimate of drug-likeness (QED) is 0.462. The number of benzene rings is 2. The van der Waals surface area contributed by atoms with E-state index < -0.39 is 0 Å². The Hall–Kier alpha value is -1.51. The van der Waals surface area contributed by atoms with Gasteiger partial charge in [-0.25, -0.2) is 0 Å². The van der Waals surface area contributed by atoms with Crippen LogP contribution < -0.4 is 4.74 Å². The first-order valence-electron chi connectivity index (χ1n) is 7.82. The number of para-hydroxylation sites is 1. The zero-order valence-corrected chi connectivity index (χ0v) is 13.8. The van der Waals surface area contributed by atoms with Gasteiger partial charge in [0.2, 0.25) is 0 Å². The molecule has 0 amide bonds. The smallest absolute Gasteiger partial charge is 0.189 e. The Morgan fingerprint density at radius 2 is 1.77 bits per heavy atom. The number of hydrogen-bond donors (Lipinski definition) is 0. The Balaban J connectivity index is 1.79. The van der Waals surface area contributed by atoms with Gasteiger partial charge in [0.05, 0.1) is 0 Å². The van der Waals surface area contributed by atoms with Gasteiger partial charge in [0, 0.05) is 11.6 Å². The van der Waals surface area contributed by atoms with Crippen LogP contribution in [0, 0.1) is 0 Å². The molecule has 0 aromatic heterocycles. The zero-order valence-electron chi connectivity index (χ0n) is 13.1. The van der Waals surface area contributed by atoms with Gasteiger partial charge in [-0.2, -0.15) is 0 Å². The summed E-state index contributed by atoms with van der Waals surface area (Å²) in [5.74, 6) is 0.929. The predicted octanol–water partition coefficient (Wildman–Crippen LogP) is 5.28. The summed E-state index contributed by atoms with van der Waals surface area (Å²) in [4.78, 5) is 0. The van der Waals surface area contributed by atoms with Gasteiger partial charge in [0.25, 0.3) is 0 Å². The summed E-state index contributed by atoms with van der Waals surface area (Å²) in [6.07, 6.45) is 4.34. The molecule has 0 saturated carbocycles. The summed E-state index contributed by atoms with van der Waals surface area (Å²) in [6, 6.07) is 16.3. The molecule has 0 radical (unpaired) electrons. The summed E-state index contributed by atoms with van der Waals surface area (Å²) in [5.41, 5.74) is 2.54. The van der Waals surface area contributed by atoms with Gasteiger partial charge in [-0.3, -0.25) is 0 Å². The highest BCUT2D eigenvalue weighted by Crippen LogP contribution is 2.21. The molecule has 2 rings (SSSR count). The predicted molar refractivity (Wildman–Crippen MR) is 91.7 cm³/mol. The van der Waals surface area contributed by atoms with E-state index in [0.29, 0.717) is 13.4 Å². The van der Waals surface area contributed by atoms with Crippen molar-refractivity contribution in [1.82, 2.24) is 0 Å². The molecule has 0 atom stereocenters. The molecule has 0 saturated heterocycles. The fourth-order valence-corrected chi connectivity index (χ4v) is 2.59. The monoisotopic (exact) mass is 318 g/mol. The van der Waals surface area contributed by atoms with Crippen LogP contribution in [0.1, 0.15) is 30.9 Å². The van der Waals surface area contributed by atoms with Crippen molar-refractivity contribution in [3.63, 3.8) is 0 Å². The standard InChI is InChI=1S/C19H23ClO2/c1-2-21-15-22-19-13-6-5-11-17(19)10-4-3-8-16-9-7-12-18(20)14-16/h5-7,9,11-14H,2-4,8,10,15H2,1H3. The molecule has 3 heteroatoms. The second kappa shape index (κ2) is 9.50. The van der Waals surface area contributed by atoms with Crippen LogP contribution in [-0.2, 0) is 17.6 Å². The van der Waals surface area contributed by atoms with Crippen LogP contribution >= 0.6 is 11.6 Å². The lowest BCUT2D eigenvalue weighted by molar-refractivity contribution is 0.0218. The van der Waals surface area contributed by atoms with Gasteiger partial charge in [-0.05, 0) is 61.9 Å². The largest absolute Gasteiger partial charge is 0.467 e. The number of ether oxygens (including phenoxy) is 2. The second-order valence-electron chi connectivity index (χ2n) is 5.20. The Morgan fingerprint density at radius 1 is 0.955 bits per heavy atom. The van der Waals surface area contributed by atoms with E-state index in [0.717, 1.165) is 36.5 Å². The fraction of sp³-hybridized carbons (Fsp3) is 0.368. The van der Waals surface area contributed by atoms with Gasteiger partial charge in [0.15, 0.2) is 6.79 Å². The van der Waals surface area contributed by atoms with E-state index in [1.165, 1.54) is 11.1 Å². The van der Waals surface area contributed by atoms with Crippen molar-refractivity contribution >= 4 is 11.6 Å². The summed E-state index contributed by atoms with van der Waals surface area (Å²) in [6.45, 7) is 2.95. The highest BCUT2D eigenvalue weighted by Gasteiger charge is 2.03. The number of aryl methyl sites for hydroxylation is 2. The summed E-state index contributed by atoms with van der Waals surface area (Å²) in [5, 5.41) is 0.812. The molecule has 118 valence electrons. The lowest BCUT2D eigenvalue weighted by Gasteiger charge is -2.11. The van der Waals surface area contributed by atoms with E-state index in [4.69, 9.17) is 21.1 Å². The third-order valence-corrected chi connectivity index (χ3v) is 3.76. The first kappa shape index (κ1) is 16.9. The van der Waals surface area contributed by atoms with Crippen molar-refractivity contribution in [3.05, 3.63) is 64.7 Å². The number of unbranched alkanes of at least 4 members (excludes halogenated alkanes) is 1. The molecule has 0 aliphatic heterocycles. The molecular formula is C19H23ClO2. The highest BCUT2D eigenvalue weighted by molar-refractivity contribution is 6.30. The second-order valence-corrected chi connectivity index (χ2v) is 5.64.